The Kier molecular flexibility index (Phi) is 5.00. The van der Waals surface area contributed by atoms with Crippen LogP contribution in [0, 0.1) is 0 Å². The van der Waals surface area contributed by atoms with E-state index in [4.69, 9.17) is 17.3 Å². The van der Waals surface area contributed by atoms with Gasteiger partial charge in [0.15, 0.2) is 5.02 Å². The van der Waals surface area contributed by atoms with E-state index in [2.05, 4.69) is 15.3 Å². The van der Waals surface area contributed by atoms with Crippen molar-refractivity contribution in [2.24, 2.45) is 0 Å². The molecule has 2 aromatic heterocycles. The Hall–Kier alpha value is -2.73. The number of rotatable bonds is 5. The van der Waals surface area contributed by atoms with Gasteiger partial charge in [0, 0.05) is 6.20 Å². The zero-order chi connectivity index (χ0) is 15.1. The van der Waals surface area contributed by atoms with Crippen molar-refractivity contribution >= 4 is 29.5 Å². The topological polar surface area (TPSA) is 84.8 Å². The van der Waals surface area contributed by atoms with Gasteiger partial charge in [0.05, 0.1) is 12.4 Å². The number of carbonyl (C=O) groups is 1. The van der Waals surface area contributed by atoms with Crippen LogP contribution in [0.3, 0.4) is 0 Å². The fraction of sp³-hybridized carbons (Fsp3) is 0. The summed E-state index contributed by atoms with van der Waals surface area (Å²) in [5, 5.41) is 3.13. The molecule has 2 heterocycles. The normalized spacial score (nSPS) is 11.1. The standard InChI is InChI=1S/C14H12ClN5O/c15-11-12(16)18-14(20-8-4-2-5-9-20)19-13(11)17-7-3-1-6-10-21/h1-10H,(H2-,16,17,18,19,21)/p+1. The first-order chi connectivity index (χ1) is 10.2. The number of nitrogen functional groups attached to an aromatic ring is 1. The second kappa shape index (κ2) is 7.16. The quantitative estimate of drug-likeness (QED) is 0.380. The second-order valence-corrected chi connectivity index (χ2v) is 4.26. The van der Waals surface area contributed by atoms with Crippen molar-refractivity contribution in [2.45, 2.75) is 0 Å². The predicted octanol–water partition coefficient (Wildman–Crippen LogP) is 1.67. The van der Waals surface area contributed by atoms with Crippen molar-refractivity contribution in [3.8, 4) is 5.95 Å². The van der Waals surface area contributed by atoms with Crippen LogP contribution >= 0.6 is 11.6 Å². The Morgan fingerprint density at radius 1 is 1.14 bits per heavy atom. The maximum Gasteiger partial charge on any atom is 0.441 e. The molecule has 0 unspecified atom stereocenters. The largest absolute Gasteiger partial charge is 0.441 e. The molecular formula is C14H13ClN5O+. The number of allylic oxidation sites excluding steroid dienone is 3. The van der Waals surface area contributed by atoms with E-state index in [1.54, 1.807) is 35.3 Å². The first-order valence-corrected chi connectivity index (χ1v) is 6.43. The minimum atomic E-state index is 0.178. The van der Waals surface area contributed by atoms with Gasteiger partial charge >= 0.3 is 5.95 Å². The highest BCUT2D eigenvalue weighted by Crippen LogP contribution is 2.24. The lowest BCUT2D eigenvalue weighted by Crippen LogP contribution is -2.32. The van der Waals surface area contributed by atoms with Gasteiger partial charge < -0.3 is 11.1 Å². The highest BCUT2D eigenvalue weighted by Gasteiger charge is 2.19. The highest BCUT2D eigenvalue weighted by molar-refractivity contribution is 6.35. The fourth-order valence-corrected chi connectivity index (χ4v) is 1.63. The summed E-state index contributed by atoms with van der Waals surface area (Å²) in [4.78, 5) is 18.6. The SMILES string of the molecule is Nc1nc(-[n+]2ccccc2)nc(N/C=C/C=C/C=O)c1Cl. The molecule has 2 aromatic rings. The third-order valence-electron chi connectivity index (χ3n) is 2.43. The van der Waals surface area contributed by atoms with Crippen molar-refractivity contribution in [1.29, 1.82) is 0 Å². The van der Waals surface area contributed by atoms with Gasteiger partial charge in [0.1, 0.15) is 6.29 Å². The van der Waals surface area contributed by atoms with Crippen LogP contribution in [0.25, 0.3) is 5.95 Å². The number of pyridine rings is 1. The van der Waals surface area contributed by atoms with E-state index in [1.165, 1.54) is 6.08 Å². The summed E-state index contributed by atoms with van der Waals surface area (Å²) < 4.78 is 1.72. The molecule has 0 saturated carbocycles. The first-order valence-electron chi connectivity index (χ1n) is 6.05. The van der Waals surface area contributed by atoms with E-state index < -0.39 is 0 Å². The molecule has 7 heteroatoms. The number of anilines is 2. The third kappa shape index (κ3) is 3.87. The van der Waals surface area contributed by atoms with Crippen molar-refractivity contribution in [3.63, 3.8) is 0 Å². The van der Waals surface area contributed by atoms with E-state index in [1.807, 2.05) is 18.2 Å². The van der Waals surface area contributed by atoms with Gasteiger partial charge in [-0.05, 0) is 34.3 Å². The second-order valence-electron chi connectivity index (χ2n) is 3.88. The molecule has 6 nitrogen and oxygen atoms in total. The number of aromatic nitrogens is 3. The van der Waals surface area contributed by atoms with E-state index in [0.717, 1.165) is 0 Å². The monoisotopic (exact) mass is 302 g/mol. The summed E-state index contributed by atoms with van der Waals surface area (Å²) in [6.45, 7) is 0. The average Bonchev–Trinajstić information content (AvgIpc) is 2.51. The molecule has 0 aromatic carbocycles. The van der Waals surface area contributed by atoms with Gasteiger partial charge in [-0.2, -0.15) is 0 Å². The molecule has 0 aliphatic rings. The van der Waals surface area contributed by atoms with Crippen molar-refractivity contribution in [3.05, 3.63) is 60.0 Å². The van der Waals surface area contributed by atoms with Crippen LogP contribution in [0.15, 0.2) is 55.0 Å². The molecule has 0 spiro atoms. The van der Waals surface area contributed by atoms with Crippen LogP contribution in [-0.2, 0) is 4.79 Å². The molecule has 21 heavy (non-hydrogen) atoms. The van der Waals surface area contributed by atoms with Crippen LogP contribution in [0.1, 0.15) is 0 Å². The molecule has 0 radical (unpaired) electrons. The predicted molar refractivity (Wildman–Crippen MR) is 81.0 cm³/mol. The number of halogens is 1. The van der Waals surface area contributed by atoms with Crippen molar-refractivity contribution < 1.29 is 9.36 Å². The van der Waals surface area contributed by atoms with Gasteiger partial charge in [-0.15, -0.1) is 0 Å². The van der Waals surface area contributed by atoms with Crippen LogP contribution < -0.4 is 15.6 Å². The van der Waals surface area contributed by atoms with E-state index >= 15 is 0 Å². The minimum absolute atomic E-state index is 0.178. The lowest BCUT2D eigenvalue weighted by atomic mass is 10.4. The van der Waals surface area contributed by atoms with E-state index in [0.29, 0.717) is 18.1 Å². The molecule has 0 fully saturated rings. The summed E-state index contributed by atoms with van der Waals surface area (Å²) >= 11 is 6.06. The summed E-state index contributed by atoms with van der Waals surface area (Å²) in [7, 11) is 0. The lowest BCUT2D eigenvalue weighted by Gasteiger charge is -2.01. The molecule has 0 aliphatic carbocycles. The maximum atomic E-state index is 10.1. The van der Waals surface area contributed by atoms with Crippen LogP contribution in [-0.4, -0.2) is 16.3 Å². The Labute approximate surface area is 126 Å². The zero-order valence-corrected chi connectivity index (χ0v) is 11.7. The summed E-state index contributed by atoms with van der Waals surface area (Å²) in [5.41, 5.74) is 5.79. The Balaban J connectivity index is 2.29. The Bertz CT molecular complexity index is 685. The summed E-state index contributed by atoms with van der Waals surface area (Å²) in [6, 6.07) is 5.59. The van der Waals surface area contributed by atoms with Gasteiger partial charge in [-0.1, -0.05) is 23.7 Å². The molecule has 2 rings (SSSR count). The zero-order valence-electron chi connectivity index (χ0n) is 11.0. The Morgan fingerprint density at radius 2 is 1.90 bits per heavy atom. The number of nitrogens with two attached hydrogens (primary N) is 1. The lowest BCUT2D eigenvalue weighted by molar-refractivity contribution is -0.603. The number of carbonyl (C=O) groups excluding carboxylic acids is 1. The van der Waals surface area contributed by atoms with Crippen LogP contribution in [0.5, 0.6) is 0 Å². The van der Waals surface area contributed by atoms with Crippen molar-refractivity contribution in [1.82, 2.24) is 9.97 Å². The summed E-state index contributed by atoms with van der Waals surface area (Å²) in [6.07, 6.45) is 10.4. The maximum absolute atomic E-state index is 10.1. The molecule has 0 bridgehead atoms. The van der Waals surface area contributed by atoms with Gasteiger partial charge in [-0.25, -0.2) is 4.57 Å². The average molecular weight is 303 g/mol. The number of nitrogens with one attached hydrogen (secondary N) is 1. The van der Waals surface area contributed by atoms with Gasteiger partial charge in [0.25, 0.3) is 0 Å². The number of hydrogen-bond donors (Lipinski definition) is 2. The number of nitrogens with zero attached hydrogens (tertiary/aromatic N) is 3. The van der Waals surface area contributed by atoms with Gasteiger partial charge in [-0.3, -0.25) is 4.79 Å². The molecule has 0 aliphatic heterocycles. The highest BCUT2D eigenvalue weighted by atomic mass is 35.5. The number of hydrogen-bond acceptors (Lipinski definition) is 5. The molecule has 0 saturated heterocycles. The van der Waals surface area contributed by atoms with Crippen molar-refractivity contribution in [2.75, 3.05) is 11.1 Å². The molecule has 0 atom stereocenters. The van der Waals surface area contributed by atoms with Crippen LogP contribution in [0.2, 0.25) is 5.02 Å². The molecular weight excluding hydrogens is 290 g/mol. The van der Waals surface area contributed by atoms with E-state index in [9.17, 15) is 4.79 Å². The number of aldehydes is 1. The fourth-order valence-electron chi connectivity index (χ4n) is 1.49. The third-order valence-corrected chi connectivity index (χ3v) is 2.80. The van der Waals surface area contributed by atoms with Crippen LogP contribution in [0.4, 0.5) is 11.6 Å². The Morgan fingerprint density at radius 3 is 2.62 bits per heavy atom. The molecule has 0 amide bonds. The van der Waals surface area contributed by atoms with Gasteiger partial charge in [0.2, 0.25) is 11.6 Å². The molecule has 3 N–H and O–H groups in total. The smallest absolute Gasteiger partial charge is 0.368 e. The minimum Gasteiger partial charge on any atom is -0.368 e. The molecule has 106 valence electrons. The summed E-state index contributed by atoms with van der Waals surface area (Å²) in [5.74, 6) is 0.959. The van der Waals surface area contributed by atoms with E-state index in [-0.39, 0.29) is 10.8 Å². The first kappa shape index (κ1) is 14.7.